The molecule has 21 heavy (non-hydrogen) atoms. The first kappa shape index (κ1) is 16.3. The summed E-state index contributed by atoms with van der Waals surface area (Å²) in [5, 5.41) is 11.0. The van der Waals surface area contributed by atoms with Crippen molar-refractivity contribution in [3.05, 3.63) is 0 Å². The van der Waals surface area contributed by atoms with Crippen molar-refractivity contribution < 1.29 is 24.2 Å². The van der Waals surface area contributed by atoms with Gasteiger partial charge in [0.15, 0.2) is 0 Å². The Bertz CT molecular complexity index is 394. The van der Waals surface area contributed by atoms with Gasteiger partial charge in [-0.15, -0.1) is 0 Å². The second kappa shape index (κ2) is 6.77. The van der Waals surface area contributed by atoms with E-state index in [-0.39, 0.29) is 23.8 Å². The molecule has 5 heteroatoms. The Balaban J connectivity index is 2.20. The zero-order valence-corrected chi connectivity index (χ0v) is 13.0. The molecule has 0 radical (unpaired) electrons. The molecule has 2 fully saturated rings. The van der Waals surface area contributed by atoms with Gasteiger partial charge in [-0.2, -0.15) is 0 Å². The Morgan fingerprint density at radius 3 is 2.43 bits per heavy atom. The smallest absolute Gasteiger partial charge is 0.311 e. The van der Waals surface area contributed by atoms with Gasteiger partial charge in [0.1, 0.15) is 0 Å². The number of hydrogen-bond donors (Lipinski definition) is 1. The minimum Gasteiger partial charge on any atom is -0.466 e. The molecular formula is C16H26O5. The highest BCUT2D eigenvalue weighted by Gasteiger charge is 2.54. The number of carbonyl (C=O) groups excluding carboxylic acids is 2. The Morgan fingerprint density at radius 2 is 1.76 bits per heavy atom. The van der Waals surface area contributed by atoms with Crippen LogP contribution >= 0.6 is 0 Å². The Labute approximate surface area is 126 Å². The summed E-state index contributed by atoms with van der Waals surface area (Å²) in [7, 11) is 0. The molecule has 0 aliphatic heterocycles. The van der Waals surface area contributed by atoms with E-state index in [9.17, 15) is 14.7 Å². The molecule has 0 aromatic carbocycles. The molecule has 5 nitrogen and oxygen atoms in total. The van der Waals surface area contributed by atoms with E-state index in [1.165, 1.54) is 0 Å². The van der Waals surface area contributed by atoms with Crippen LogP contribution in [0, 0.1) is 17.8 Å². The average Bonchev–Trinajstić information content (AvgIpc) is 2.46. The van der Waals surface area contributed by atoms with Crippen molar-refractivity contribution in [3.8, 4) is 0 Å². The number of rotatable bonds is 4. The van der Waals surface area contributed by atoms with Crippen LogP contribution in [0.1, 0.15) is 52.4 Å². The highest BCUT2D eigenvalue weighted by molar-refractivity contribution is 5.78. The van der Waals surface area contributed by atoms with Gasteiger partial charge in [-0.1, -0.05) is 12.8 Å². The zero-order chi connectivity index (χ0) is 15.5. The lowest BCUT2D eigenvalue weighted by molar-refractivity contribution is -0.183. The first-order valence-corrected chi connectivity index (χ1v) is 8.08. The lowest BCUT2D eigenvalue weighted by Gasteiger charge is -2.49. The van der Waals surface area contributed by atoms with Gasteiger partial charge in [-0.3, -0.25) is 9.59 Å². The van der Waals surface area contributed by atoms with E-state index in [1.54, 1.807) is 13.8 Å². The van der Waals surface area contributed by atoms with Gasteiger partial charge in [0.25, 0.3) is 0 Å². The molecule has 0 aromatic heterocycles. The standard InChI is InChI=1S/C16H26O5/c1-3-20-14(17)11-9-12-7-5-6-8-16(12,19)13(10-11)15(18)21-4-2/h11-13,19H,3-10H2,1-2H3/t11-,12+,13+,16+/m0/s1. The maximum absolute atomic E-state index is 12.2. The average molecular weight is 298 g/mol. The fourth-order valence-corrected chi connectivity index (χ4v) is 3.96. The van der Waals surface area contributed by atoms with E-state index in [1.807, 2.05) is 0 Å². The van der Waals surface area contributed by atoms with Crippen molar-refractivity contribution >= 4 is 11.9 Å². The number of esters is 2. The van der Waals surface area contributed by atoms with E-state index in [2.05, 4.69) is 0 Å². The van der Waals surface area contributed by atoms with E-state index >= 15 is 0 Å². The van der Waals surface area contributed by atoms with Gasteiger partial charge in [0, 0.05) is 0 Å². The summed E-state index contributed by atoms with van der Waals surface area (Å²) in [6.07, 6.45) is 4.40. The van der Waals surface area contributed by atoms with Crippen molar-refractivity contribution in [2.45, 2.75) is 58.0 Å². The largest absolute Gasteiger partial charge is 0.466 e. The molecule has 120 valence electrons. The van der Waals surface area contributed by atoms with E-state index in [4.69, 9.17) is 9.47 Å². The molecular weight excluding hydrogens is 272 g/mol. The van der Waals surface area contributed by atoms with Crippen LogP contribution in [0.15, 0.2) is 0 Å². The summed E-state index contributed by atoms with van der Waals surface area (Å²) in [5.74, 6) is -1.54. The van der Waals surface area contributed by atoms with Crippen LogP contribution in [0.4, 0.5) is 0 Å². The predicted octanol–water partition coefficient (Wildman–Crippen LogP) is 2.06. The maximum Gasteiger partial charge on any atom is 0.311 e. The van der Waals surface area contributed by atoms with Crippen molar-refractivity contribution in [1.82, 2.24) is 0 Å². The number of ether oxygens (including phenoxy) is 2. The summed E-state index contributed by atoms with van der Waals surface area (Å²) in [6.45, 7) is 4.17. The molecule has 0 amide bonds. The van der Waals surface area contributed by atoms with Crippen LogP contribution < -0.4 is 0 Å². The summed E-state index contributed by atoms with van der Waals surface area (Å²) in [6, 6.07) is 0. The lowest BCUT2D eigenvalue weighted by Crippen LogP contribution is -2.55. The molecule has 0 bridgehead atoms. The molecule has 2 aliphatic carbocycles. The van der Waals surface area contributed by atoms with E-state index in [0.717, 1.165) is 19.3 Å². The normalized spacial score (nSPS) is 35.7. The second-order valence-corrected chi connectivity index (χ2v) is 6.16. The molecule has 0 saturated heterocycles. The van der Waals surface area contributed by atoms with Gasteiger partial charge in [-0.05, 0) is 45.4 Å². The monoisotopic (exact) mass is 298 g/mol. The van der Waals surface area contributed by atoms with Gasteiger partial charge < -0.3 is 14.6 Å². The fourth-order valence-electron chi connectivity index (χ4n) is 3.96. The minimum atomic E-state index is -1.01. The first-order valence-electron chi connectivity index (χ1n) is 8.08. The van der Waals surface area contributed by atoms with Crippen LogP contribution in [0.2, 0.25) is 0 Å². The summed E-state index contributed by atoms with van der Waals surface area (Å²) < 4.78 is 10.2. The third-order valence-corrected chi connectivity index (χ3v) is 4.97. The molecule has 1 N–H and O–H groups in total. The quantitative estimate of drug-likeness (QED) is 0.804. The highest BCUT2D eigenvalue weighted by Crippen LogP contribution is 2.49. The van der Waals surface area contributed by atoms with Crippen LogP contribution in [0.5, 0.6) is 0 Å². The van der Waals surface area contributed by atoms with Gasteiger partial charge >= 0.3 is 11.9 Å². The van der Waals surface area contributed by atoms with Crippen LogP contribution in [0.3, 0.4) is 0 Å². The van der Waals surface area contributed by atoms with Gasteiger partial charge in [-0.25, -0.2) is 0 Å². The molecule has 2 rings (SSSR count). The number of carbonyl (C=O) groups is 2. The minimum absolute atomic E-state index is 0.0104. The van der Waals surface area contributed by atoms with Crippen LogP contribution in [-0.4, -0.2) is 35.9 Å². The lowest BCUT2D eigenvalue weighted by atomic mass is 9.59. The molecule has 0 aromatic rings. The molecule has 0 unspecified atom stereocenters. The van der Waals surface area contributed by atoms with Crippen LogP contribution in [-0.2, 0) is 19.1 Å². The van der Waals surface area contributed by atoms with E-state index < -0.39 is 11.5 Å². The molecule has 4 atom stereocenters. The Hall–Kier alpha value is -1.10. The summed E-state index contributed by atoms with van der Waals surface area (Å²) in [5.41, 5.74) is -1.01. The second-order valence-electron chi connectivity index (χ2n) is 6.16. The van der Waals surface area contributed by atoms with E-state index in [0.29, 0.717) is 32.5 Å². The SMILES string of the molecule is CCOC(=O)[C@H]1C[C@H]2CCCC[C@]2(O)[C@@H](C(=O)OCC)C1. The summed E-state index contributed by atoms with van der Waals surface area (Å²) in [4.78, 5) is 24.3. The van der Waals surface area contributed by atoms with Gasteiger partial charge in [0.2, 0.25) is 0 Å². The molecule has 0 heterocycles. The van der Waals surface area contributed by atoms with Crippen molar-refractivity contribution in [2.24, 2.45) is 17.8 Å². The number of hydrogen-bond acceptors (Lipinski definition) is 5. The third-order valence-electron chi connectivity index (χ3n) is 4.97. The third kappa shape index (κ3) is 3.23. The number of fused-ring (bicyclic) bond motifs is 1. The molecule has 2 saturated carbocycles. The van der Waals surface area contributed by atoms with Crippen molar-refractivity contribution in [1.29, 1.82) is 0 Å². The molecule has 0 spiro atoms. The van der Waals surface area contributed by atoms with Gasteiger partial charge in [0.05, 0.1) is 30.7 Å². The highest BCUT2D eigenvalue weighted by atomic mass is 16.5. The Kier molecular flexibility index (Phi) is 5.25. The topological polar surface area (TPSA) is 72.8 Å². The Morgan fingerprint density at radius 1 is 1.10 bits per heavy atom. The number of aliphatic hydroxyl groups is 1. The van der Waals surface area contributed by atoms with Crippen molar-refractivity contribution in [3.63, 3.8) is 0 Å². The fraction of sp³-hybridized carbons (Fsp3) is 0.875. The first-order chi connectivity index (χ1) is 10.0. The maximum atomic E-state index is 12.2. The van der Waals surface area contributed by atoms with Crippen molar-refractivity contribution in [2.75, 3.05) is 13.2 Å². The zero-order valence-electron chi connectivity index (χ0n) is 13.0. The summed E-state index contributed by atoms with van der Waals surface area (Å²) >= 11 is 0. The van der Waals surface area contributed by atoms with Crippen LogP contribution in [0.25, 0.3) is 0 Å². The molecule has 2 aliphatic rings. The predicted molar refractivity (Wildman–Crippen MR) is 76.4 cm³/mol.